The molecule has 0 aromatic carbocycles. The van der Waals surface area contributed by atoms with Crippen molar-refractivity contribution in [2.45, 2.75) is 30.7 Å². The van der Waals surface area contributed by atoms with E-state index in [-0.39, 0.29) is 22.5 Å². The number of hydrogen-bond acceptors (Lipinski definition) is 10. The van der Waals surface area contributed by atoms with Crippen LogP contribution in [0.1, 0.15) is 17.1 Å². The summed E-state index contributed by atoms with van der Waals surface area (Å²) in [6.07, 6.45) is 5.49. The first-order valence-corrected chi connectivity index (χ1v) is 12.7. The Hall–Kier alpha value is -2.71. The molecule has 0 bridgehead atoms. The van der Waals surface area contributed by atoms with Gasteiger partial charge in [-0.25, -0.2) is 16.8 Å². The SMILES string of the molecule is O=S(=O)([O-])C(F)(F)F.O=S(=O)([O-])C(F)(F)F.[Cu+2].[OH3+].c1ccc(CN(Cc2ccccn2)Cc2ccccn2)nc1. The third-order valence-corrected chi connectivity index (χ3v) is 5.04. The fourth-order valence-electron chi connectivity index (χ4n) is 2.33. The van der Waals surface area contributed by atoms with E-state index >= 15 is 0 Å². The van der Waals surface area contributed by atoms with Crippen LogP contribution in [-0.4, -0.2) is 56.8 Å². The molecule has 20 heteroatoms. The van der Waals surface area contributed by atoms with Crippen LogP contribution in [0.5, 0.6) is 0 Å². The maximum absolute atomic E-state index is 10.7. The van der Waals surface area contributed by atoms with Crippen molar-refractivity contribution in [2.75, 3.05) is 0 Å². The van der Waals surface area contributed by atoms with Crippen molar-refractivity contribution >= 4 is 20.2 Å². The maximum Gasteiger partial charge on any atom is 2.00 e. The van der Waals surface area contributed by atoms with Gasteiger partial charge in [0.05, 0.1) is 17.1 Å². The van der Waals surface area contributed by atoms with Gasteiger partial charge in [0, 0.05) is 38.2 Å². The number of aromatic nitrogens is 3. The second-order valence-electron chi connectivity index (χ2n) is 6.91. The largest absolute Gasteiger partial charge is 2.00 e. The van der Waals surface area contributed by atoms with Crippen LogP contribution in [0.4, 0.5) is 26.3 Å². The van der Waals surface area contributed by atoms with Gasteiger partial charge in [-0.3, -0.25) is 19.9 Å². The summed E-state index contributed by atoms with van der Waals surface area (Å²) < 4.78 is 118. The van der Waals surface area contributed by atoms with Crippen molar-refractivity contribution in [3.8, 4) is 0 Å². The Balaban J connectivity index is 0. The number of hydrogen-bond donors (Lipinski definition) is 0. The molecule has 3 aromatic rings. The zero-order chi connectivity index (χ0) is 29.0. The Bertz CT molecular complexity index is 1180. The topological polar surface area (TPSA) is 189 Å². The smallest absolute Gasteiger partial charge is 0.741 e. The molecular weight excluding hydrogens is 650 g/mol. The molecule has 0 unspecified atom stereocenters. The number of alkyl halides is 6. The Morgan fingerprint density at radius 2 is 0.825 bits per heavy atom. The van der Waals surface area contributed by atoms with E-state index < -0.39 is 31.3 Å². The van der Waals surface area contributed by atoms with Crippen LogP contribution < -0.4 is 0 Å². The Labute approximate surface area is 235 Å². The first-order valence-electron chi connectivity index (χ1n) is 9.86. The Morgan fingerprint density at radius 3 is 0.975 bits per heavy atom. The van der Waals surface area contributed by atoms with Crippen LogP contribution in [0.15, 0.2) is 73.2 Å². The van der Waals surface area contributed by atoms with Gasteiger partial charge in [0.15, 0.2) is 20.2 Å². The van der Waals surface area contributed by atoms with Crippen molar-refractivity contribution in [2.24, 2.45) is 0 Å². The average molecular weight is 671 g/mol. The summed E-state index contributed by atoms with van der Waals surface area (Å²) in [4.78, 5) is 15.6. The molecule has 0 aliphatic rings. The fourth-order valence-corrected chi connectivity index (χ4v) is 2.33. The minimum atomic E-state index is -6.09. The van der Waals surface area contributed by atoms with Gasteiger partial charge in [0.2, 0.25) is 0 Å². The van der Waals surface area contributed by atoms with E-state index in [0.29, 0.717) is 0 Å². The minimum Gasteiger partial charge on any atom is -0.741 e. The zero-order valence-electron chi connectivity index (χ0n) is 19.8. The first-order chi connectivity index (χ1) is 17.4. The summed E-state index contributed by atoms with van der Waals surface area (Å²) in [5.41, 5.74) is -8.14. The summed E-state index contributed by atoms with van der Waals surface area (Å²) in [5, 5.41) is 0. The molecule has 0 aliphatic heterocycles. The van der Waals surface area contributed by atoms with Crippen LogP contribution in [0.25, 0.3) is 0 Å². The van der Waals surface area contributed by atoms with E-state index in [9.17, 15) is 26.3 Å². The number of nitrogens with zero attached hydrogens (tertiary/aromatic N) is 4. The summed E-state index contributed by atoms with van der Waals surface area (Å²) in [5.74, 6) is 0. The molecule has 1 radical (unpaired) electrons. The second-order valence-corrected chi connectivity index (χ2v) is 9.65. The Morgan fingerprint density at radius 1 is 0.600 bits per heavy atom. The van der Waals surface area contributed by atoms with E-state index in [1.54, 1.807) is 0 Å². The molecule has 227 valence electrons. The third-order valence-electron chi connectivity index (χ3n) is 3.90. The van der Waals surface area contributed by atoms with Crippen molar-refractivity contribution in [1.29, 1.82) is 0 Å². The summed E-state index contributed by atoms with van der Waals surface area (Å²) in [6.45, 7) is 2.32. The van der Waals surface area contributed by atoms with Gasteiger partial charge in [-0.15, -0.1) is 0 Å². The van der Waals surface area contributed by atoms with Crippen LogP contribution in [-0.2, 0) is 62.4 Å². The monoisotopic (exact) mass is 670 g/mol. The van der Waals surface area contributed by atoms with Gasteiger partial charge < -0.3 is 14.6 Å². The molecule has 0 amide bonds. The van der Waals surface area contributed by atoms with Gasteiger partial charge in [-0.1, -0.05) is 18.2 Å². The summed E-state index contributed by atoms with van der Waals surface area (Å²) >= 11 is 0. The number of halogens is 6. The molecule has 0 fully saturated rings. The molecule has 3 heterocycles. The van der Waals surface area contributed by atoms with Gasteiger partial charge in [0.1, 0.15) is 0 Å². The van der Waals surface area contributed by atoms with Crippen molar-refractivity contribution < 1.29 is 74.8 Å². The van der Waals surface area contributed by atoms with Crippen molar-refractivity contribution in [3.63, 3.8) is 0 Å². The molecular formula is C20H21CuF6N4O7S2+. The van der Waals surface area contributed by atoms with E-state index in [1.807, 2.05) is 73.2 Å². The van der Waals surface area contributed by atoms with Crippen molar-refractivity contribution in [1.82, 2.24) is 19.9 Å². The molecule has 0 saturated heterocycles. The van der Waals surface area contributed by atoms with Crippen LogP contribution in [0.2, 0.25) is 0 Å². The minimum absolute atomic E-state index is 0. The molecule has 3 rings (SSSR count). The fraction of sp³-hybridized carbons (Fsp3) is 0.250. The van der Waals surface area contributed by atoms with Crippen molar-refractivity contribution in [3.05, 3.63) is 90.3 Å². The van der Waals surface area contributed by atoms with Gasteiger partial charge >= 0.3 is 28.1 Å². The van der Waals surface area contributed by atoms with Crippen LogP contribution >= 0.6 is 0 Å². The molecule has 0 saturated carbocycles. The van der Waals surface area contributed by atoms with E-state index in [4.69, 9.17) is 25.9 Å². The van der Waals surface area contributed by atoms with Gasteiger partial charge in [-0.2, -0.15) is 26.3 Å². The van der Waals surface area contributed by atoms with Gasteiger partial charge in [0.25, 0.3) is 0 Å². The molecule has 0 aliphatic carbocycles. The normalized spacial score (nSPS) is 11.5. The number of rotatable bonds is 6. The Kier molecular flexibility index (Phi) is 16.9. The van der Waals surface area contributed by atoms with Crippen LogP contribution in [0.3, 0.4) is 0 Å². The quantitative estimate of drug-likeness (QED) is 0.124. The third kappa shape index (κ3) is 15.8. The summed E-state index contributed by atoms with van der Waals surface area (Å²) in [7, 11) is -12.2. The van der Waals surface area contributed by atoms with E-state index in [2.05, 4.69) is 19.9 Å². The zero-order valence-corrected chi connectivity index (χ0v) is 22.3. The molecule has 40 heavy (non-hydrogen) atoms. The number of pyridine rings is 3. The average Bonchev–Trinajstić information content (AvgIpc) is 2.79. The predicted octanol–water partition coefficient (Wildman–Crippen LogP) is 2.25. The molecule has 3 aromatic heterocycles. The van der Waals surface area contributed by atoms with Gasteiger partial charge in [-0.05, 0) is 36.4 Å². The first kappa shape index (κ1) is 39.4. The predicted molar refractivity (Wildman–Crippen MR) is 122 cm³/mol. The van der Waals surface area contributed by atoms with E-state index in [1.165, 1.54) is 0 Å². The van der Waals surface area contributed by atoms with Crippen LogP contribution in [0, 0.1) is 0 Å². The standard InChI is InChI=1S/C18H18N4.2CHF3O3S.Cu.H2O/c1-4-10-19-16(7-1)13-22(14-17-8-2-5-11-20-17)15-18-9-3-6-12-21-18;2*2-1(3,4)8(5,6)7;;/h1-12H,13-15H2;2*(H,5,6,7);;1H2/q;;;+2;/p-1. The van der Waals surface area contributed by atoms with E-state index in [0.717, 1.165) is 36.7 Å². The molecule has 3 N–H and O–H groups in total. The summed E-state index contributed by atoms with van der Waals surface area (Å²) in [6, 6.07) is 18.0. The maximum atomic E-state index is 10.7. The molecule has 11 nitrogen and oxygen atoms in total. The molecule has 0 atom stereocenters. The second kappa shape index (κ2) is 17.2. The molecule has 0 spiro atoms.